The largest absolute Gasteiger partial charge is 0.337 e. The second-order valence-electron chi connectivity index (χ2n) is 5.69. The van der Waals surface area contributed by atoms with E-state index in [-0.39, 0.29) is 12.5 Å². The van der Waals surface area contributed by atoms with Crippen molar-refractivity contribution in [2.75, 3.05) is 32.7 Å². The van der Waals surface area contributed by atoms with Crippen molar-refractivity contribution in [3.63, 3.8) is 0 Å². The van der Waals surface area contributed by atoms with Gasteiger partial charge in [0.2, 0.25) is 0 Å². The van der Waals surface area contributed by atoms with Gasteiger partial charge in [0.1, 0.15) is 0 Å². The topological polar surface area (TPSA) is 75.4 Å². The number of aldehydes is 1. The first kappa shape index (κ1) is 13.8. The van der Waals surface area contributed by atoms with E-state index in [1.807, 2.05) is 4.90 Å². The van der Waals surface area contributed by atoms with E-state index in [0.717, 1.165) is 32.5 Å². The van der Waals surface area contributed by atoms with Gasteiger partial charge in [-0.3, -0.25) is 9.59 Å². The predicted molar refractivity (Wildman–Crippen MR) is 79.0 cm³/mol. The van der Waals surface area contributed by atoms with Gasteiger partial charge in [0.15, 0.2) is 6.29 Å². The Labute approximate surface area is 123 Å². The highest BCUT2D eigenvalue weighted by Gasteiger charge is 2.49. The van der Waals surface area contributed by atoms with E-state index in [4.69, 9.17) is 5.73 Å². The number of hydrogen-bond acceptors (Lipinski definition) is 4. The molecule has 2 aliphatic heterocycles. The van der Waals surface area contributed by atoms with Gasteiger partial charge < -0.3 is 16.0 Å². The molecule has 0 unspecified atom stereocenters. The number of carbonyl (C=O) groups excluding carboxylic acids is 2. The zero-order valence-electron chi connectivity index (χ0n) is 11.7. The molecule has 2 saturated heterocycles. The third kappa shape index (κ3) is 2.44. The Morgan fingerprint density at radius 3 is 2.76 bits per heavy atom. The van der Waals surface area contributed by atoms with Crippen molar-refractivity contribution in [1.82, 2.24) is 10.2 Å². The maximum absolute atomic E-state index is 12.4. The van der Waals surface area contributed by atoms with Crippen LogP contribution in [0.2, 0.25) is 0 Å². The molecule has 0 atom stereocenters. The first-order valence-electron chi connectivity index (χ1n) is 6.96. The Morgan fingerprint density at radius 2 is 2.19 bits per heavy atom. The summed E-state index contributed by atoms with van der Waals surface area (Å²) in [7, 11) is 0. The standard InChI is InChI=1S/C16H17N3O2/c17-5-1-2-12-6-13(3-4-14(12)7-20)15(21)19-10-16(11-19)8-18-9-16/h3-4,6-7,18H,5,8-11,17H2. The summed E-state index contributed by atoms with van der Waals surface area (Å²) in [4.78, 5) is 25.3. The molecular formula is C16H17N3O2. The van der Waals surface area contributed by atoms with Crippen molar-refractivity contribution in [2.24, 2.45) is 11.1 Å². The van der Waals surface area contributed by atoms with Crippen LogP contribution in [0.4, 0.5) is 0 Å². The number of carbonyl (C=O) groups is 2. The van der Waals surface area contributed by atoms with Crippen LogP contribution < -0.4 is 11.1 Å². The fourth-order valence-corrected chi connectivity index (χ4v) is 2.84. The lowest BCUT2D eigenvalue weighted by Gasteiger charge is -2.56. The summed E-state index contributed by atoms with van der Waals surface area (Å²) < 4.78 is 0. The zero-order chi connectivity index (χ0) is 14.9. The third-order valence-corrected chi connectivity index (χ3v) is 4.09. The van der Waals surface area contributed by atoms with E-state index in [2.05, 4.69) is 17.2 Å². The second kappa shape index (κ2) is 5.32. The molecule has 2 fully saturated rings. The van der Waals surface area contributed by atoms with Crippen LogP contribution in [0.3, 0.4) is 0 Å². The van der Waals surface area contributed by atoms with Crippen molar-refractivity contribution in [3.05, 3.63) is 34.9 Å². The first-order valence-corrected chi connectivity index (χ1v) is 6.96. The molecule has 3 N–H and O–H groups in total. The maximum Gasteiger partial charge on any atom is 0.253 e. The minimum absolute atomic E-state index is 0.000715. The molecule has 21 heavy (non-hydrogen) atoms. The Bertz CT molecular complexity index is 645. The van der Waals surface area contributed by atoms with E-state index in [0.29, 0.717) is 22.1 Å². The molecule has 0 aliphatic carbocycles. The molecule has 1 amide bonds. The van der Waals surface area contributed by atoms with Gasteiger partial charge in [-0.05, 0) is 18.2 Å². The van der Waals surface area contributed by atoms with Crippen LogP contribution in [0.5, 0.6) is 0 Å². The molecule has 2 heterocycles. The van der Waals surface area contributed by atoms with Crippen LogP contribution in [0.15, 0.2) is 18.2 Å². The van der Waals surface area contributed by atoms with Crippen molar-refractivity contribution < 1.29 is 9.59 Å². The highest BCUT2D eigenvalue weighted by atomic mass is 16.2. The molecule has 1 aromatic rings. The molecule has 5 heteroatoms. The van der Waals surface area contributed by atoms with Gasteiger partial charge in [-0.2, -0.15) is 0 Å². The van der Waals surface area contributed by atoms with Gasteiger partial charge in [0, 0.05) is 48.3 Å². The number of benzene rings is 1. The van der Waals surface area contributed by atoms with Gasteiger partial charge in [0.05, 0.1) is 6.54 Å². The number of hydrogen-bond donors (Lipinski definition) is 2. The SMILES string of the molecule is NCC#Cc1cc(C(=O)N2CC3(CNC3)C2)ccc1C=O. The average Bonchev–Trinajstić information content (AvgIpc) is 2.41. The molecule has 108 valence electrons. The minimum Gasteiger partial charge on any atom is -0.337 e. The van der Waals surface area contributed by atoms with Crippen LogP contribution in [0, 0.1) is 17.3 Å². The monoisotopic (exact) mass is 283 g/mol. The fourth-order valence-electron chi connectivity index (χ4n) is 2.84. The normalized spacial score (nSPS) is 18.2. The molecule has 2 aliphatic rings. The van der Waals surface area contributed by atoms with Crippen LogP contribution in [0.25, 0.3) is 0 Å². The van der Waals surface area contributed by atoms with E-state index < -0.39 is 0 Å². The maximum atomic E-state index is 12.4. The summed E-state index contributed by atoms with van der Waals surface area (Å²) in [5.41, 5.74) is 7.27. The Morgan fingerprint density at radius 1 is 1.43 bits per heavy atom. The van der Waals surface area contributed by atoms with Gasteiger partial charge in [-0.1, -0.05) is 11.8 Å². The summed E-state index contributed by atoms with van der Waals surface area (Å²) in [5, 5.41) is 3.24. The quantitative estimate of drug-likeness (QED) is 0.585. The molecule has 1 aromatic carbocycles. The van der Waals surface area contributed by atoms with Crippen molar-refractivity contribution in [1.29, 1.82) is 0 Å². The minimum atomic E-state index is 0.000715. The smallest absolute Gasteiger partial charge is 0.253 e. The number of nitrogens with one attached hydrogen (secondary N) is 1. The lowest BCUT2D eigenvalue weighted by Crippen LogP contribution is -2.71. The van der Waals surface area contributed by atoms with E-state index in [1.165, 1.54) is 0 Å². The van der Waals surface area contributed by atoms with Gasteiger partial charge in [-0.25, -0.2) is 0 Å². The van der Waals surface area contributed by atoms with E-state index in [1.54, 1.807) is 18.2 Å². The van der Waals surface area contributed by atoms with E-state index in [9.17, 15) is 9.59 Å². The first-order chi connectivity index (χ1) is 10.2. The Balaban J connectivity index is 1.78. The lowest BCUT2D eigenvalue weighted by molar-refractivity contribution is -0.0248. The van der Waals surface area contributed by atoms with Gasteiger partial charge >= 0.3 is 0 Å². The summed E-state index contributed by atoms with van der Waals surface area (Å²) in [6.07, 6.45) is 0.743. The zero-order valence-corrected chi connectivity index (χ0v) is 11.7. The molecule has 5 nitrogen and oxygen atoms in total. The molecule has 0 aromatic heterocycles. The lowest BCUT2D eigenvalue weighted by atomic mass is 9.74. The number of rotatable bonds is 2. The van der Waals surface area contributed by atoms with Crippen LogP contribution in [0.1, 0.15) is 26.3 Å². The summed E-state index contributed by atoms with van der Waals surface area (Å²) in [6, 6.07) is 5.00. The fraction of sp³-hybridized carbons (Fsp3) is 0.375. The molecule has 3 rings (SSSR count). The Kier molecular flexibility index (Phi) is 3.50. The van der Waals surface area contributed by atoms with Gasteiger partial charge in [-0.15, -0.1) is 0 Å². The number of nitrogens with two attached hydrogens (primary N) is 1. The highest BCUT2D eigenvalue weighted by Crippen LogP contribution is 2.34. The molecule has 1 spiro atoms. The van der Waals surface area contributed by atoms with Crippen LogP contribution in [-0.2, 0) is 0 Å². The van der Waals surface area contributed by atoms with Gasteiger partial charge in [0.25, 0.3) is 5.91 Å². The van der Waals surface area contributed by atoms with Crippen molar-refractivity contribution >= 4 is 12.2 Å². The molecule has 0 saturated carbocycles. The van der Waals surface area contributed by atoms with Crippen molar-refractivity contribution in [2.45, 2.75) is 0 Å². The summed E-state index contributed by atoms with van der Waals surface area (Å²) >= 11 is 0. The second-order valence-corrected chi connectivity index (χ2v) is 5.69. The predicted octanol–water partition coefficient (Wildman–Crippen LogP) is -0.145. The molecule has 0 bridgehead atoms. The van der Waals surface area contributed by atoms with Crippen LogP contribution >= 0.6 is 0 Å². The molecule has 0 radical (unpaired) electrons. The molecular weight excluding hydrogens is 266 g/mol. The van der Waals surface area contributed by atoms with Crippen LogP contribution in [-0.4, -0.2) is 49.8 Å². The average molecular weight is 283 g/mol. The highest BCUT2D eigenvalue weighted by molar-refractivity contribution is 5.96. The number of likely N-dealkylation sites (tertiary alicyclic amines) is 1. The van der Waals surface area contributed by atoms with Crippen molar-refractivity contribution in [3.8, 4) is 11.8 Å². The van der Waals surface area contributed by atoms with E-state index >= 15 is 0 Å². The number of amides is 1. The third-order valence-electron chi connectivity index (χ3n) is 4.09. The number of nitrogens with zero attached hydrogens (tertiary/aromatic N) is 1. The Hall–Kier alpha value is -2.16. The summed E-state index contributed by atoms with van der Waals surface area (Å²) in [6.45, 7) is 3.82. The summed E-state index contributed by atoms with van der Waals surface area (Å²) in [5.74, 6) is 5.57.